The first kappa shape index (κ1) is 12.0. The van der Waals surface area contributed by atoms with Gasteiger partial charge in [0.15, 0.2) is 5.82 Å². The maximum Gasteiger partial charge on any atom is 0.168 e. The number of nitrogens with zero attached hydrogens (tertiary/aromatic N) is 5. The molecule has 2 aromatic heterocycles. The molecule has 0 atom stereocenters. The number of hydrogen-bond donors (Lipinski definition) is 0. The Labute approximate surface area is 106 Å². The van der Waals surface area contributed by atoms with E-state index in [9.17, 15) is 0 Å². The first-order valence-electron chi connectivity index (χ1n) is 5.49. The molecule has 0 saturated heterocycles. The predicted molar refractivity (Wildman–Crippen MR) is 69.0 cm³/mol. The van der Waals surface area contributed by atoms with Crippen LogP contribution < -0.4 is 4.90 Å². The summed E-state index contributed by atoms with van der Waals surface area (Å²) in [6, 6.07) is 5.84. The van der Waals surface area contributed by atoms with Crippen LogP contribution >= 0.6 is 0 Å². The summed E-state index contributed by atoms with van der Waals surface area (Å²) in [5.41, 5.74) is 3.08. The minimum atomic E-state index is 0.506. The summed E-state index contributed by atoms with van der Waals surface area (Å²) < 4.78 is 0. The van der Waals surface area contributed by atoms with Crippen molar-refractivity contribution < 1.29 is 0 Å². The summed E-state index contributed by atoms with van der Waals surface area (Å²) in [6.45, 7) is 1.96. The smallest absolute Gasteiger partial charge is 0.168 e. The molecular formula is C13H13N5. The molecule has 2 rings (SSSR count). The normalized spacial score (nSPS) is 9.89. The molecule has 0 saturated carbocycles. The minimum absolute atomic E-state index is 0.506. The zero-order chi connectivity index (χ0) is 13.1. The van der Waals surface area contributed by atoms with Crippen molar-refractivity contribution in [2.24, 2.45) is 0 Å². The van der Waals surface area contributed by atoms with Crippen molar-refractivity contribution in [3.8, 4) is 17.3 Å². The van der Waals surface area contributed by atoms with Gasteiger partial charge in [-0.3, -0.25) is 4.98 Å². The highest BCUT2D eigenvalue weighted by atomic mass is 15.2. The highest BCUT2D eigenvalue weighted by Crippen LogP contribution is 2.21. The zero-order valence-electron chi connectivity index (χ0n) is 10.5. The van der Waals surface area contributed by atoms with Crippen LogP contribution in [0.3, 0.4) is 0 Å². The van der Waals surface area contributed by atoms with Crippen LogP contribution in [0.1, 0.15) is 11.1 Å². The molecule has 2 aromatic rings. The number of nitriles is 1. The molecule has 2 heterocycles. The van der Waals surface area contributed by atoms with Gasteiger partial charge in [0.25, 0.3) is 0 Å². The second-order valence-electron chi connectivity index (χ2n) is 4.22. The van der Waals surface area contributed by atoms with Crippen LogP contribution in [0, 0.1) is 18.3 Å². The highest BCUT2D eigenvalue weighted by molar-refractivity contribution is 5.64. The lowest BCUT2D eigenvalue weighted by Gasteiger charge is -2.12. The van der Waals surface area contributed by atoms with E-state index in [0.29, 0.717) is 17.1 Å². The second kappa shape index (κ2) is 4.80. The van der Waals surface area contributed by atoms with Gasteiger partial charge in [0.05, 0.1) is 11.3 Å². The molecule has 0 fully saturated rings. The van der Waals surface area contributed by atoms with Gasteiger partial charge in [-0.25, -0.2) is 0 Å². The van der Waals surface area contributed by atoms with E-state index >= 15 is 0 Å². The van der Waals surface area contributed by atoms with Gasteiger partial charge >= 0.3 is 0 Å². The van der Waals surface area contributed by atoms with Crippen molar-refractivity contribution >= 4 is 5.82 Å². The maximum absolute atomic E-state index is 9.13. The molecular weight excluding hydrogens is 226 g/mol. The first-order valence-corrected chi connectivity index (χ1v) is 5.49. The van der Waals surface area contributed by atoms with Gasteiger partial charge in [0.2, 0.25) is 0 Å². The van der Waals surface area contributed by atoms with Gasteiger partial charge in [-0.05, 0) is 24.6 Å². The lowest BCUT2D eigenvalue weighted by Crippen LogP contribution is -2.13. The summed E-state index contributed by atoms with van der Waals surface area (Å²) in [6.07, 6.45) is 3.49. The molecule has 0 aliphatic carbocycles. The number of pyridine rings is 1. The fourth-order valence-electron chi connectivity index (χ4n) is 1.63. The van der Waals surface area contributed by atoms with Crippen LogP contribution in [0.5, 0.6) is 0 Å². The maximum atomic E-state index is 9.13. The fourth-order valence-corrected chi connectivity index (χ4v) is 1.63. The van der Waals surface area contributed by atoms with Gasteiger partial charge in [0.1, 0.15) is 6.07 Å². The number of hydrogen-bond acceptors (Lipinski definition) is 5. The van der Waals surface area contributed by atoms with E-state index in [2.05, 4.69) is 21.3 Å². The molecule has 0 bridgehead atoms. The summed E-state index contributed by atoms with van der Waals surface area (Å²) in [4.78, 5) is 5.88. The van der Waals surface area contributed by atoms with Gasteiger partial charge in [-0.2, -0.15) is 5.26 Å². The third kappa shape index (κ3) is 2.28. The standard InChI is InChI=1S/C13H13N5/c1-9-4-11(8-15-7-9)12-5-10(6-14)13(17-16-12)18(2)3/h4-5,7-8H,1-3H3. The van der Waals surface area contributed by atoms with Crippen LogP contribution in [0.25, 0.3) is 11.3 Å². The SMILES string of the molecule is Cc1cncc(-c2cc(C#N)c(N(C)C)nn2)c1. The summed E-state index contributed by atoms with van der Waals surface area (Å²) in [5.74, 6) is 0.571. The number of anilines is 1. The van der Waals surface area contributed by atoms with E-state index < -0.39 is 0 Å². The Bertz CT molecular complexity index is 613. The molecule has 5 nitrogen and oxygen atoms in total. The van der Waals surface area contributed by atoms with Crippen molar-refractivity contribution in [2.75, 3.05) is 19.0 Å². The van der Waals surface area contributed by atoms with Crippen LogP contribution in [0.4, 0.5) is 5.82 Å². The number of aromatic nitrogens is 3. The number of aryl methyl sites for hydroxylation is 1. The van der Waals surface area contributed by atoms with Gasteiger partial charge in [-0.15, -0.1) is 10.2 Å². The van der Waals surface area contributed by atoms with Gasteiger partial charge in [0, 0.05) is 32.1 Å². The Balaban J connectivity index is 2.52. The summed E-state index contributed by atoms with van der Waals surface area (Å²) in [7, 11) is 3.66. The first-order chi connectivity index (χ1) is 8.61. The largest absolute Gasteiger partial charge is 0.360 e. The Morgan fingerprint density at radius 2 is 1.94 bits per heavy atom. The molecule has 0 spiro atoms. The van der Waals surface area contributed by atoms with E-state index in [0.717, 1.165) is 11.1 Å². The van der Waals surface area contributed by atoms with E-state index in [1.54, 1.807) is 23.4 Å². The van der Waals surface area contributed by atoms with Crippen molar-refractivity contribution in [1.82, 2.24) is 15.2 Å². The Morgan fingerprint density at radius 3 is 2.56 bits per heavy atom. The second-order valence-corrected chi connectivity index (χ2v) is 4.22. The lowest BCUT2D eigenvalue weighted by atomic mass is 10.1. The quantitative estimate of drug-likeness (QED) is 0.799. The van der Waals surface area contributed by atoms with Crippen LogP contribution in [0.15, 0.2) is 24.5 Å². The van der Waals surface area contributed by atoms with Crippen molar-refractivity contribution in [2.45, 2.75) is 6.92 Å². The van der Waals surface area contributed by atoms with Crippen molar-refractivity contribution in [1.29, 1.82) is 5.26 Å². The van der Waals surface area contributed by atoms with Crippen molar-refractivity contribution in [3.63, 3.8) is 0 Å². The minimum Gasteiger partial charge on any atom is -0.360 e. The van der Waals surface area contributed by atoms with Crippen molar-refractivity contribution in [3.05, 3.63) is 35.7 Å². The highest BCUT2D eigenvalue weighted by Gasteiger charge is 2.10. The lowest BCUT2D eigenvalue weighted by molar-refractivity contribution is 0.961. The Hall–Kier alpha value is -2.48. The van der Waals surface area contributed by atoms with E-state index in [1.807, 2.05) is 27.1 Å². The molecule has 0 amide bonds. The molecule has 0 aliphatic heterocycles. The molecule has 5 heteroatoms. The van der Waals surface area contributed by atoms with Gasteiger partial charge in [-0.1, -0.05) is 0 Å². The molecule has 18 heavy (non-hydrogen) atoms. The van der Waals surface area contributed by atoms with Crippen LogP contribution in [-0.4, -0.2) is 29.3 Å². The summed E-state index contributed by atoms with van der Waals surface area (Å²) >= 11 is 0. The Morgan fingerprint density at radius 1 is 1.17 bits per heavy atom. The molecule has 0 radical (unpaired) electrons. The molecule has 90 valence electrons. The van der Waals surface area contributed by atoms with E-state index in [4.69, 9.17) is 5.26 Å². The van der Waals surface area contributed by atoms with Crippen LogP contribution in [0.2, 0.25) is 0 Å². The van der Waals surface area contributed by atoms with E-state index in [1.165, 1.54) is 0 Å². The molecule has 0 aromatic carbocycles. The molecule has 0 aliphatic rings. The average Bonchev–Trinajstić information content (AvgIpc) is 2.37. The molecule has 0 unspecified atom stereocenters. The number of rotatable bonds is 2. The van der Waals surface area contributed by atoms with Crippen LogP contribution in [-0.2, 0) is 0 Å². The zero-order valence-corrected chi connectivity index (χ0v) is 10.5. The van der Waals surface area contributed by atoms with Gasteiger partial charge < -0.3 is 4.90 Å². The third-order valence-electron chi connectivity index (χ3n) is 2.49. The third-order valence-corrected chi connectivity index (χ3v) is 2.49. The topological polar surface area (TPSA) is 65.7 Å². The Kier molecular flexibility index (Phi) is 3.20. The monoisotopic (exact) mass is 239 g/mol. The average molecular weight is 239 g/mol. The predicted octanol–water partition coefficient (Wildman–Crippen LogP) is 1.78. The summed E-state index contributed by atoms with van der Waals surface area (Å²) in [5, 5.41) is 17.4. The fraction of sp³-hybridized carbons (Fsp3) is 0.231. The molecule has 0 N–H and O–H groups in total. The van der Waals surface area contributed by atoms with E-state index in [-0.39, 0.29) is 0 Å².